The van der Waals surface area contributed by atoms with Crippen molar-refractivity contribution in [2.45, 2.75) is 30.5 Å². The van der Waals surface area contributed by atoms with Crippen molar-refractivity contribution in [2.75, 3.05) is 6.67 Å². The average molecular weight is 242 g/mol. The molecule has 0 unspecified atom stereocenters. The van der Waals surface area contributed by atoms with Gasteiger partial charge in [0.15, 0.2) is 9.84 Å². The summed E-state index contributed by atoms with van der Waals surface area (Å²) in [6, 6.07) is 6.89. The van der Waals surface area contributed by atoms with Gasteiger partial charge in [-0.25, -0.2) is 8.42 Å². The first-order valence-electron chi connectivity index (χ1n) is 5.22. The summed E-state index contributed by atoms with van der Waals surface area (Å²) in [5.74, 6) is 0. The number of benzene rings is 1. The van der Waals surface area contributed by atoms with Crippen molar-refractivity contribution in [2.24, 2.45) is 5.73 Å². The van der Waals surface area contributed by atoms with Gasteiger partial charge in [0.2, 0.25) is 0 Å². The Hall–Kier alpha value is -0.910. The minimum Gasteiger partial charge on any atom is -0.318 e. The number of rotatable bonds is 5. The van der Waals surface area contributed by atoms with E-state index in [0.717, 1.165) is 5.56 Å². The Morgan fingerprint density at radius 2 is 1.81 bits per heavy atom. The molecule has 0 fully saturated rings. The SMILES string of the molecule is CC(C)S(=O)(=O)c1ccc(CNCN)cc1. The van der Waals surface area contributed by atoms with Gasteiger partial charge in [0.25, 0.3) is 0 Å². The van der Waals surface area contributed by atoms with Gasteiger partial charge in [0, 0.05) is 13.2 Å². The lowest BCUT2D eigenvalue weighted by Crippen LogP contribution is -2.21. The van der Waals surface area contributed by atoms with Crippen LogP contribution in [0.3, 0.4) is 0 Å². The molecule has 1 aromatic carbocycles. The smallest absolute Gasteiger partial charge is 0.180 e. The minimum atomic E-state index is -3.16. The Labute approximate surface area is 96.8 Å². The number of sulfone groups is 1. The molecule has 0 bridgehead atoms. The van der Waals surface area contributed by atoms with Crippen molar-refractivity contribution in [3.8, 4) is 0 Å². The van der Waals surface area contributed by atoms with Crippen molar-refractivity contribution in [1.82, 2.24) is 5.32 Å². The second kappa shape index (κ2) is 5.43. The summed E-state index contributed by atoms with van der Waals surface area (Å²) >= 11 is 0. The fraction of sp³-hybridized carbons (Fsp3) is 0.455. The number of hydrogen-bond acceptors (Lipinski definition) is 4. The number of nitrogens with one attached hydrogen (secondary N) is 1. The van der Waals surface area contributed by atoms with E-state index >= 15 is 0 Å². The Balaban J connectivity index is 2.87. The zero-order chi connectivity index (χ0) is 12.2. The maximum absolute atomic E-state index is 11.8. The maximum atomic E-state index is 11.8. The van der Waals surface area contributed by atoms with E-state index in [1.54, 1.807) is 38.1 Å². The van der Waals surface area contributed by atoms with E-state index in [-0.39, 0.29) is 5.25 Å². The summed E-state index contributed by atoms with van der Waals surface area (Å²) in [5.41, 5.74) is 6.33. The monoisotopic (exact) mass is 242 g/mol. The molecule has 0 aromatic heterocycles. The van der Waals surface area contributed by atoms with Crippen molar-refractivity contribution in [1.29, 1.82) is 0 Å². The molecule has 0 saturated heterocycles. The second-order valence-electron chi connectivity index (χ2n) is 3.87. The van der Waals surface area contributed by atoms with Gasteiger partial charge in [-0.15, -0.1) is 0 Å². The van der Waals surface area contributed by atoms with Crippen LogP contribution in [0.15, 0.2) is 29.2 Å². The van der Waals surface area contributed by atoms with E-state index in [1.807, 2.05) is 0 Å². The van der Waals surface area contributed by atoms with Crippen LogP contribution in [0.2, 0.25) is 0 Å². The molecule has 0 spiro atoms. The summed E-state index contributed by atoms with van der Waals surface area (Å²) in [4.78, 5) is 0.374. The Kier molecular flexibility index (Phi) is 4.46. The fourth-order valence-electron chi connectivity index (χ4n) is 1.29. The summed E-state index contributed by atoms with van der Waals surface area (Å²) in [6.07, 6.45) is 0. The van der Waals surface area contributed by atoms with E-state index < -0.39 is 9.84 Å². The topological polar surface area (TPSA) is 72.2 Å². The van der Waals surface area contributed by atoms with Crippen LogP contribution >= 0.6 is 0 Å². The third kappa shape index (κ3) is 3.04. The molecule has 0 aliphatic rings. The molecule has 4 nitrogen and oxygen atoms in total. The lowest BCUT2D eigenvalue weighted by Gasteiger charge is -2.08. The Morgan fingerprint density at radius 3 is 2.25 bits per heavy atom. The molecule has 0 amide bonds. The van der Waals surface area contributed by atoms with E-state index in [4.69, 9.17) is 5.73 Å². The first-order valence-corrected chi connectivity index (χ1v) is 6.76. The van der Waals surface area contributed by atoms with Crippen molar-refractivity contribution >= 4 is 9.84 Å². The van der Waals surface area contributed by atoms with Crippen molar-refractivity contribution in [3.63, 3.8) is 0 Å². The van der Waals surface area contributed by atoms with Gasteiger partial charge in [-0.3, -0.25) is 0 Å². The largest absolute Gasteiger partial charge is 0.318 e. The molecule has 5 heteroatoms. The molecule has 0 aliphatic carbocycles. The molecular formula is C11H18N2O2S. The van der Waals surface area contributed by atoms with Gasteiger partial charge in [0.1, 0.15) is 0 Å². The molecule has 0 saturated carbocycles. The Bertz CT molecular complexity index is 424. The number of nitrogens with two attached hydrogens (primary N) is 1. The van der Waals surface area contributed by atoms with Gasteiger partial charge in [-0.05, 0) is 31.5 Å². The highest BCUT2D eigenvalue weighted by Gasteiger charge is 2.18. The van der Waals surface area contributed by atoms with E-state index in [0.29, 0.717) is 18.1 Å². The first-order chi connectivity index (χ1) is 7.48. The third-order valence-electron chi connectivity index (χ3n) is 2.35. The standard InChI is InChI=1S/C11H18N2O2S/c1-9(2)16(14,15)11-5-3-10(4-6-11)7-13-8-12/h3-6,9,13H,7-8,12H2,1-2H3. The van der Waals surface area contributed by atoms with Crippen molar-refractivity contribution < 1.29 is 8.42 Å². The predicted octanol–water partition coefficient (Wildman–Crippen LogP) is 0.874. The number of hydrogen-bond donors (Lipinski definition) is 2. The highest BCUT2D eigenvalue weighted by molar-refractivity contribution is 7.92. The quantitative estimate of drug-likeness (QED) is 0.752. The highest BCUT2D eigenvalue weighted by Crippen LogP contribution is 2.16. The predicted molar refractivity (Wildman–Crippen MR) is 64.7 cm³/mol. The van der Waals surface area contributed by atoms with Crippen LogP contribution in [-0.2, 0) is 16.4 Å². The summed E-state index contributed by atoms with van der Waals surface area (Å²) in [6.45, 7) is 4.42. The minimum absolute atomic E-state index is 0.374. The van der Waals surface area contributed by atoms with Gasteiger partial charge >= 0.3 is 0 Å². The van der Waals surface area contributed by atoms with E-state index in [1.165, 1.54) is 0 Å². The van der Waals surface area contributed by atoms with Gasteiger partial charge in [0.05, 0.1) is 10.1 Å². The molecule has 16 heavy (non-hydrogen) atoms. The van der Waals surface area contributed by atoms with Crippen LogP contribution in [-0.4, -0.2) is 20.3 Å². The first kappa shape index (κ1) is 13.2. The molecule has 90 valence electrons. The van der Waals surface area contributed by atoms with Crippen LogP contribution < -0.4 is 11.1 Å². The van der Waals surface area contributed by atoms with Gasteiger partial charge in [-0.1, -0.05) is 12.1 Å². The molecule has 3 N–H and O–H groups in total. The van der Waals surface area contributed by atoms with Crippen molar-refractivity contribution in [3.05, 3.63) is 29.8 Å². The highest BCUT2D eigenvalue weighted by atomic mass is 32.2. The Morgan fingerprint density at radius 1 is 1.25 bits per heavy atom. The third-order valence-corrected chi connectivity index (χ3v) is 4.52. The summed E-state index contributed by atoms with van der Waals surface area (Å²) in [7, 11) is -3.16. The van der Waals surface area contributed by atoms with Gasteiger partial charge < -0.3 is 11.1 Å². The second-order valence-corrected chi connectivity index (χ2v) is 6.37. The average Bonchev–Trinajstić information content (AvgIpc) is 2.26. The van der Waals surface area contributed by atoms with Gasteiger partial charge in [-0.2, -0.15) is 0 Å². The lowest BCUT2D eigenvalue weighted by atomic mass is 10.2. The van der Waals surface area contributed by atoms with Crippen LogP contribution in [0.5, 0.6) is 0 Å². The summed E-state index contributed by atoms with van der Waals surface area (Å²) in [5, 5.41) is 2.59. The molecular weight excluding hydrogens is 224 g/mol. The van der Waals surface area contributed by atoms with Crippen LogP contribution in [0.4, 0.5) is 0 Å². The fourth-order valence-corrected chi connectivity index (χ4v) is 2.35. The lowest BCUT2D eigenvalue weighted by molar-refractivity contribution is 0.587. The van der Waals surface area contributed by atoms with Crippen LogP contribution in [0.1, 0.15) is 19.4 Å². The molecule has 0 radical (unpaired) electrons. The molecule has 0 heterocycles. The molecule has 0 aliphatic heterocycles. The molecule has 0 atom stereocenters. The van der Waals surface area contributed by atoms with Crippen LogP contribution in [0.25, 0.3) is 0 Å². The normalized spacial score (nSPS) is 12.0. The summed E-state index contributed by atoms with van der Waals surface area (Å²) < 4.78 is 23.6. The van der Waals surface area contributed by atoms with E-state index in [9.17, 15) is 8.42 Å². The maximum Gasteiger partial charge on any atom is 0.180 e. The zero-order valence-corrected chi connectivity index (χ0v) is 10.4. The van der Waals surface area contributed by atoms with Crippen LogP contribution in [0, 0.1) is 0 Å². The van der Waals surface area contributed by atoms with E-state index in [2.05, 4.69) is 5.32 Å². The molecule has 1 aromatic rings. The molecule has 1 rings (SSSR count). The zero-order valence-electron chi connectivity index (χ0n) is 9.60.